The maximum Gasteiger partial charge on any atom is 0.334 e. The maximum absolute atomic E-state index is 10.5. The maximum atomic E-state index is 10.5. The summed E-state index contributed by atoms with van der Waals surface area (Å²) in [6, 6.07) is 0. The number of esters is 2. The van der Waals surface area contributed by atoms with E-state index in [0.717, 1.165) is 12.2 Å². The van der Waals surface area contributed by atoms with Crippen molar-refractivity contribution in [2.24, 2.45) is 0 Å². The van der Waals surface area contributed by atoms with Crippen molar-refractivity contribution < 1.29 is 19.1 Å². The van der Waals surface area contributed by atoms with Gasteiger partial charge < -0.3 is 9.47 Å². The van der Waals surface area contributed by atoms with Gasteiger partial charge in [0.1, 0.15) is 0 Å². The van der Waals surface area contributed by atoms with E-state index in [1.54, 1.807) is 0 Å². The number of carbonyl (C=O) groups is 2. The molecule has 1 rings (SSSR count). The van der Waals surface area contributed by atoms with Crippen LogP contribution in [0.25, 0.3) is 0 Å². The first-order valence-corrected chi connectivity index (χ1v) is 2.78. The summed E-state index contributed by atoms with van der Waals surface area (Å²) in [6.07, 6.45) is 1.28. The van der Waals surface area contributed by atoms with E-state index in [0.29, 0.717) is 0 Å². The van der Waals surface area contributed by atoms with Crippen LogP contribution in [0.3, 0.4) is 0 Å². The quantitative estimate of drug-likeness (QED) is 0.446. The van der Waals surface area contributed by atoms with Crippen LogP contribution in [0.1, 0.15) is 6.92 Å². The van der Waals surface area contributed by atoms with Crippen LogP contribution in [0, 0.1) is 0 Å². The second-order valence-electron chi connectivity index (χ2n) is 1.77. The van der Waals surface area contributed by atoms with E-state index in [2.05, 4.69) is 9.47 Å². The minimum atomic E-state index is -0.782. The molecule has 4 nitrogen and oxygen atoms in total. The summed E-state index contributed by atoms with van der Waals surface area (Å²) in [4.78, 5) is 21.0. The Morgan fingerprint density at radius 3 is 2.00 bits per heavy atom. The van der Waals surface area contributed by atoms with Gasteiger partial charge in [0.15, 0.2) is 0 Å². The van der Waals surface area contributed by atoms with Gasteiger partial charge in [-0.3, -0.25) is 0 Å². The highest BCUT2D eigenvalue weighted by Gasteiger charge is 2.14. The van der Waals surface area contributed by atoms with Crippen LogP contribution < -0.4 is 0 Å². The fraction of sp³-hybridized carbons (Fsp3) is 0.333. The van der Waals surface area contributed by atoms with Gasteiger partial charge in [-0.05, 0) is 0 Å². The fourth-order valence-corrected chi connectivity index (χ4v) is 0.566. The van der Waals surface area contributed by atoms with Crippen LogP contribution in [-0.2, 0) is 19.1 Å². The molecule has 0 radical (unpaired) electrons. The standard InChI is InChI=1S/C6H6O4/c1-4-9-5(7)2-3-6(8)10-4/h2-4H,1H3. The van der Waals surface area contributed by atoms with Gasteiger partial charge in [0.25, 0.3) is 0 Å². The molecule has 0 aromatic rings. The minimum absolute atomic E-state index is 0.557. The molecule has 1 heterocycles. The summed E-state index contributed by atoms with van der Waals surface area (Å²) in [6.45, 7) is 1.48. The Morgan fingerprint density at radius 2 is 1.60 bits per heavy atom. The van der Waals surface area contributed by atoms with Crippen LogP contribution in [0.5, 0.6) is 0 Å². The van der Waals surface area contributed by atoms with E-state index in [1.807, 2.05) is 0 Å². The number of ether oxygens (including phenoxy) is 2. The van der Waals surface area contributed by atoms with Crippen molar-refractivity contribution in [2.75, 3.05) is 0 Å². The monoisotopic (exact) mass is 142 g/mol. The van der Waals surface area contributed by atoms with Gasteiger partial charge in [-0.25, -0.2) is 9.59 Å². The lowest BCUT2D eigenvalue weighted by Crippen LogP contribution is -2.16. The Bertz CT molecular complexity index is 174. The highest BCUT2D eigenvalue weighted by atomic mass is 16.7. The number of hydrogen-bond acceptors (Lipinski definition) is 4. The number of cyclic esters (lactones) is 2. The molecule has 0 saturated carbocycles. The lowest BCUT2D eigenvalue weighted by molar-refractivity contribution is -0.174. The first kappa shape index (κ1) is 6.80. The van der Waals surface area contributed by atoms with Crippen LogP contribution >= 0.6 is 0 Å². The van der Waals surface area contributed by atoms with Crippen molar-refractivity contribution in [3.63, 3.8) is 0 Å². The highest BCUT2D eigenvalue weighted by Crippen LogP contribution is 2.00. The zero-order valence-corrected chi connectivity index (χ0v) is 5.37. The van der Waals surface area contributed by atoms with Crippen molar-refractivity contribution >= 4 is 11.9 Å². The summed E-state index contributed by atoms with van der Waals surface area (Å²) in [5, 5.41) is 0. The topological polar surface area (TPSA) is 52.6 Å². The molecule has 0 aliphatic carbocycles. The fourth-order valence-electron chi connectivity index (χ4n) is 0.566. The summed E-state index contributed by atoms with van der Waals surface area (Å²) >= 11 is 0. The lowest BCUT2D eigenvalue weighted by Gasteiger charge is -2.07. The van der Waals surface area contributed by atoms with Gasteiger partial charge in [0, 0.05) is 19.1 Å². The zero-order valence-electron chi connectivity index (χ0n) is 5.37. The summed E-state index contributed by atoms with van der Waals surface area (Å²) < 4.78 is 9.03. The first-order valence-electron chi connectivity index (χ1n) is 2.78. The van der Waals surface area contributed by atoms with Gasteiger partial charge in [0.2, 0.25) is 6.29 Å². The molecule has 0 N–H and O–H groups in total. The summed E-state index contributed by atoms with van der Waals surface area (Å²) in [5.41, 5.74) is 0. The van der Waals surface area contributed by atoms with Gasteiger partial charge in [-0.2, -0.15) is 0 Å². The van der Waals surface area contributed by atoms with Crippen molar-refractivity contribution in [3.8, 4) is 0 Å². The average molecular weight is 142 g/mol. The van der Waals surface area contributed by atoms with Gasteiger partial charge >= 0.3 is 11.9 Å². The Balaban J connectivity index is 2.69. The molecule has 10 heavy (non-hydrogen) atoms. The third-order valence-corrected chi connectivity index (χ3v) is 0.920. The van der Waals surface area contributed by atoms with Crippen molar-refractivity contribution in [3.05, 3.63) is 12.2 Å². The van der Waals surface area contributed by atoms with Crippen LogP contribution in [0.4, 0.5) is 0 Å². The predicted molar refractivity (Wildman–Crippen MR) is 30.8 cm³/mol. The first-order chi connectivity index (χ1) is 4.68. The van der Waals surface area contributed by atoms with E-state index in [9.17, 15) is 9.59 Å². The second-order valence-corrected chi connectivity index (χ2v) is 1.77. The predicted octanol–water partition coefficient (Wildman–Crippen LogP) is -0.0114. The smallest absolute Gasteiger partial charge is 0.334 e. The second kappa shape index (κ2) is 2.51. The highest BCUT2D eigenvalue weighted by molar-refractivity contribution is 5.92. The third-order valence-electron chi connectivity index (χ3n) is 0.920. The molecule has 0 aromatic carbocycles. The number of hydrogen-bond donors (Lipinski definition) is 0. The Labute approximate surface area is 57.4 Å². The molecule has 0 spiro atoms. The Hall–Kier alpha value is -1.32. The molecular weight excluding hydrogens is 136 g/mol. The molecule has 0 saturated heterocycles. The minimum Gasteiger partial charge on any atom is -0.422 e. The molecule has 0 atom stereocenters. The molecule has 0 amide bonds. The van der Waals surface area contributed by atoms with E-state index in [4.69, 9.17) is 0 Å². The van der Waals surface area contributed by atoms with Gasteiger partial charge in [0.05, 0.1) is 0 Å². The van der Waals surface area contributed by atoms with Crippen LogP contribution in [0.2, 0.25) is 0 Å². The van der Waals surface area contributed by atoms with Crippen molar-refractivity contribution in [1.29, 1.82) is 0 Å². The van der Waals surface area contributed by atoms with E-state index in [-0.39, 0.29) is 0 Å². The number of rotatable bonds is 0. The normalized spacial score (nSPS) is 19.7. The van der Waals surface area contributed by atoms with E-state index < -0.39 is 18.2 Å². The largest absolute Gasteiger partial charge is 0.422 e. The number of carbonyl (C=O) groups excluding carboxylic acids is 2. The molecule has 54 valence electrons. The molecular formula is C6H6O4. The van der Waals surface area contributed by atoms with Crippen molar-refractivity contribution in [2.45, 2.75) is 13.2 Å². The molecule has 4 heteroatoms. The van der Waals surface area contributed by atoms with E-state index >= 15 is 0 Å². The SMILES string of the molecule is CC1OC(=O)C=CC(=O)O1. The van der Waals surface area contributed by atoms with E-state index in [1.165, 1.54) is 6.92 Å². The Morgan fingerprint density at radius 1 is 1.20 bits per heavy atom. The zero-order chi connectivity index (χ0) is 7.56. The van der Waals surface area contributed by atoms with Crippen molar-refractivity contribution in [1.82, 2.24) is 0 Å². The van der Waals surface area contributed by atoms with Crippen LogP contribution in [0.15, 0.2) is 12.2 Å². The van der Waals surface area contributed by atoms with Gasteiger partial charge in [-0.1, -0.05) is 0 Å². The molecule has 1 aliphatic rings. The summed E-state index contributed by atoms with van der Waals surface area (Å²) in [7, 11) is 0. The average Bonchev–Trinajstić information content (AvgIpc) is 1.93. The summed E-state index contributed by atoms with van der Waals surface area (Å²) in [5.74, 6) is -1.11. The molecule has 0 fully saturated rings. The lowest BCUT2D eigenvalue weighted by atomic mass is 10.5. The molecule has 0 unspecified atom stereocenters. The molecule has 1 aliphatic heterocycles. The molecule has 0 aromatic heterocycles. The third kappa shape index (κ3) is 1.58. The van der Waals surface area contributed by atoms with Gasteiger partial charge in [-0.15, -0.1) is 0 Å². The Kier molecular flexibility index (Phi) is 1.71. The molecule has 0 bridgehead atoms. The van der Waals surface area contributed by atoms with Crippen LogP contribution in [-0.4, -0.2) is 18.2 Å².